The Bertz CT molecular complexity index is 692. The van der Waals surface area contributed by atoms with Crippen molar-refractivity contribution in [3.63, 3.8) is 0 Å². The summed E-state index contributed by atoms with van der Waals surface area (Å²) >= 11 is 4.99. The smallest absolute Gasteiger partial charge is 0.225 e. The van der Waals surface area contributed by atoms with E-state index >= 15 is 0 Å². The van der Waals surface area contributed by atoms with Crippen molar-refractivity contribution in [2.45, 2.75) is 32.9 Å². The third-order valence-corrected chi connectivity index (χ3v) is 5.64. The van der Waals surface area contributed by atoms with Crippen molar-refractivity contribution >= 4 is 33.2 Å². The molecule has 1 aliphatic heterocycles. The molecule has 3 heterocycles. The van der Waals surface area contributed by atoms with E-state index in [1.165, 1.54) is 0 Å². The van der Waals surface area contributed by atoms with E-state index in [2.05, 4.69) is 31.2 Å². The quantitative estimate of drug-likeness (QED) is 0.752. The molecule has 0 aliphatic carbocycles. The summed E-state index contributed by atoms with van der Waals surface area (Å²) in [5, 5.41) is 3.24. The van der Waals surface area contributed by atoms with Crippen LogP contribution >= 0.6 is 27.3 Å². The van der Waals surface area contributed by atoms with E-state index in [9.17, 15) is 4.79 Å². The fourth-order valence-electron chi connectivity index (χ4n) is 3.11. The topological polar surface area (TPSA) is 49.6 Å². The molecule has 0 aromatic carbocycles. The summed E-state index contributed by atoms with van der Waals surface area (Å²) in [7, 11) is 1.85. The Balaban J connectivity index is 1.47. The van der Waals surface area contributed by atoms with Gasteiger partial charge in [0.05, 0.1) is 17.2 Å². The van der Waals surface area contributed by atoms with Gasteiger partial charge >= 0.3 is 0 Å². The number of piperidine rings is 1. The minimum absolute atomic E-state index is 0.113. The van der Waals surface area contributed by atoms with Gasteiger partial charge < -0.3 is 9.32 Å². The van der Waals surface area contributed by atoms with Crippen molar-refractivity contribution in [2.75, 3.05) is 20.1 Å². The lowest BCUT2D eigenvalue weighted by molar-refractivity contribution is -0.136. The number of aromatic nitrogens is 1. The summed E-state index contributed by atoms with van der Waals surface area (Å²) in [5.74, 6) is 1.13. The highest BCUT2D eigenvalue weighted by atomic mass is 79.9. The molecule has 2 aromatic heterocycles. The Morgan fingerprint density at radius 2 is 2.21 bits per heavy atom. The third-order valence-electron chi connectivity index (χ3n) is 4.39. The number of furan rings is 1. The molecule has 130 valence electrons. The SMILES string of the molecule is Cc1nc(CN2CCC(C(=O)N(C)Cc3ccc(Br)o3)CC2)cs1. The predicted molar refractivity (Wildman–Crippen MR) is 97.7 cm³/mol. The number of aryl methyl sites for hydroxylation is 1. The van der Waals surface area contributed by atoms with Crippen molar-refractivity contribution in [1.29, 1.82) is 0 Å². The third kappa shape index (κ3) is 4.46. The van der Waals surface area contributed by atoms with Crippen LogP contribution in [-0.4, -0.2) is 40.8 Å². The highest BCUT2D eigenvalue weighted by molar-refractivity contribution is 9.10. The standard InChI is InChI=1S/C17H22BrN3O2S/c1-12-19-14(11-24-12)9-21-7-5-13(6-8-21)17(22)20(2)10-15-3-4-16(18)23-15/h3-4,11,13H,5-10H2,1-2H3. The molecular formula is C17H22BrN3O2S. The van der Waals surface area contributed by atoms with Crippen molar-refractivity contribution in [2.24, 2.45) is 5.92 Å². The lowest BCUT2D eigenvalue weighted by atomic mass is 9.95. The number of hydrogen-bond donors (Lipinski definition) is 0. The van der Waals surface area contributed by atoms with E-state index < -0.39 is 0 Å². The monoisotopic (exact) mass is 411 g/mol. The molecule has 2 aromatic rings. The zero-order valence-electron chi connectivity index (χ0n) is 14.0. The number of likely N-dealkylation sites (tertiary alicyclic amines) is 1. The molecule has 0 radical (unpaired) electrons. The predicted octanol–water partition coefficient (Wildman–Crippen LogP) is 3.68. The van der Waals surface area contributed by atoms with Crippen molar-refractivity contribution in [1.82, 2.24) is 14.8 Å². The van der Waals surface area contributed by atoms with Crippen LogP contribution < -0.4 is 0 Å². The minimum atomic E-state index is 0.113. The fourth-order valence-corrected chi connectivity index (χ4v) is 4.05. The van der Waals surface area contributed by atoms with Crippen LogP contribution in [0, 0.1) is 12.8 Å². The Morgan fingerprint density at radius 1 is 1.46 bits per heavy atom. The Hall–Kier alpha value is -1.18. The number of thiazole rings is 1. The molecule has 1 fully saturated rings. The summed E-state index contributed by atoms with van der Waals surface area (Å²) in [6, 6.07) is 3.75. The second kappa shape index (κ2) is 7.80. The van der Waals surface area contributed by atoms with Gasteiger partial charge in [-0.3, -0.25) is 9.69 Å². The van der Waals surface area contributed by atoms with Crippen LogP contribution in [0.25, 0.3) is 0 Å². The molecule has 5 nitrogen and oxygen atoms in total. The van der Waals surface area contributed by atoms with Crippen LogP contribution in [-0.2, 0) is 17.9 Å². The van der Waals surface area contributed by atoms with E-state index in [4.69, 9.17) is 4.42 Å². The van der Waals surface area contributed by atoms with Crippen molar-refractivity contribution < 1.29 is 9.21 Å². The average molecular weight is 412 g/mol. The molecule has 3 rings (SSSR count). The van der Waals surface area contributed by atoms with Gasteiger partial charge in [-0.2, -0.15) is 0 Å². The van der Waals surface area contributed by atoms with Gasteiger partial charge in [-0.15, -0.1) is 11.3 Å². The van der Waals surface area contributed by atoms with Gasteiger partial charge in [-0.25, -0.2) is 4.98 Å². The van der Waals surface area contributed by atoms with E-state index in [-0.39, 0.29) is 11.8 Å². The molecule has 7 heteroatoms. The van der Waals surface area contributed by atoms with Crippen molar-refractivity contribution in [3.8, 4) is 0 Å². The molecule has 0 N–H and O–H groups in total. The van der Waals surface area contributed by atoms with Gasteiger partial charge in [0, 0.05) is 24.9 Å². The molecule has 1 aliphatic rings. The van der Waals surface area contributed by atoms with Gasteiger partial charge in [-0.1, -0.05) is 0 Å². The maximum Gasteiger partial charge on any atom is 0.225 e. The minimum Gasteiger partial charge on any atom is -0.452 e. The summed E-state index contributed by atoms with van der Waals surface area (Å²) in [5.41, 5.74) is 1.14. The Kier molecular flexibility index (Phi) is 5.73. The van der Waals surface area contributed by atoms with Gasteiger partial charge in [0.2, 0.25) is 5.91 Å². The second-order valence-electron chi connectivity index (χ2n) is 6.31. The normalized spacial score (nSPS) is 16.5. The number of carbonyl (C=O) groups excluding carboxylic acids is 1. The van der Waals surface area contributed by atoms with Crippen LogP contribution in [0.5, 0.6) is 0 Å². The number of nitrogens with zero attached hydrogens (tertiary/aromatic N) is 3. The first-order valence-electron chi connectivity index (χ1n) is 8.14. The van der Waals surface area contributed by atoms with E-state index in [0.29, 0.717) is 11.2 Å². The Morgan fingerprint density at radius 3 is 2.79 bits per heavy atom. The Labute approximate surface area is 154 Å². The number of rotatable bonds is 5. The fraction of sp³-hybridized carbons (Fsp3) is 0.529. The number of hydrogen-bond acceptors (Lipinski definition) is 5. The van der Waals surface area contributed by atoms with Crippen LogP contribution in [0.4, 0.5) is 0 Å². The van der Waals surface area contributed by atoms with Crippen LogP contribution in [0.3, 0.4) is 0 Å². The second-order valence-corrected chi connectivity index (χ2v) is 8.15. The summed E-state index contributed by atoms with van der Waals surface area (Å²) in [6.45, 7) is 5.34. The van der Waals surface area contributed by atoms with E-state index in [1.807, 2.05) is 26.1 Å². The highest BCUT2D eigenvalue weighted by Crippen LogP contribution is 2.23. The maximum absolute atomic E-state index is 12.6. The molecule has 1 amide bonds. The zero-order valence-corrected chi connectivity index (χ0v) is 16.4. The molecule has 24 heavy (non-hydrogen) atoms. The average Bonchev–Trinajstić information content (AvgIpc) is 3.15. The van der Waals surface area contributed by atoms with Crippen molar-refractivity contribution in [3.05, 3.63) is 38.6 Å². The summed E-state index contributed by atoms with van der Waals surface area (Å²) in [4.78, 5) is 21.3. The zero-order chi connectivity index (χ0) is 17.1. The first-order valence-corrected chi connectivity index (χ1v) is 9.81. The lowest BCUT2D eigenvalue weighted by Crippen LogP contribution is -2.40. The summed E-state index contributed by atoms with van der Waals surface area (Å²) < 4.78 is 6.18. The maximum atomic E-state index is 12.6. The molecule has 1 saturated heterocycles. The molecular weight excluding hydrogens is 390 g/mol. The van der Waals surface area contributed by atoms with Gasteiger partial charge in [0.15, 0.2) is 4.67 Å². The van der Waals surface area contributed by atoms with E-state index in [1.54, 1.807) is 16.2 Å². The molecule has 0 spiro atoms. The number of amides is 1. The molecule has 0 unspecified atom stereocenters. The first-order chi connectivity index (χ1) is 11.5. The van der Waals surface area contributed by atoms with Crippen LogP contribution in [0.15, 0.2) is 26.6 Å². The highest BCUT2D eigenvalue weighted by Gasteiger charge is 2.27. The number of halogens is 1. The molecule has 0 saturated carbocycles. The molecule has 0 atom stereocenters. The van der Waals surface area contributed by atoms with Gasteiger partial charge in [0.25, 0.3) is 0 Å². The van der Waals surface area contributed by atoms with Gasteiger partial charge in [-0.05, 0) is 60.9 Å². The van der Waals surface area contributed by atoms with Crippen LogP contribution in [0.2, 0.25) is 0 Å². The van der Waals surface area contributed by atoms with Crippen LogP contribution in [0.1, 0.15) is 29.3 Å². The summed E-state index contributed by atoms with van der Waals surface area (Å²) in [6.07, 6.45) is 1.82. The molecule has 0 bridgehead atoms. The van der Waals surface area contributed by atoms with Gasteiger partial charge in [0.1, 0.15) is 5.76 Å². The number of carbonyl (C=O) groups is 1. The lowest BCUT2D eigenvalue weighted by Gasteiger charge is -2.32. The first kappa shape index (κ1) is 17.6. The van der Waals surface area contributed by atoms with E-state index in [0.717, 1.165) is 48.9 Å². The largest absolute Gasteiger partial charge is 0.452 e.